The highest BCUT2D eigenvalue weighted by atomic mass is 35.5. The van der Waals surface area contributed by atoms with Crippen LogP contribution in [0.2, 0.25) is 5.02 Å². The second-order valence-electron chi connectivity index (χ2n) is 8.08. The van der Waals surface area contributed by atoms with Gasteiger partial charge in [0.05, 0.1) is 48.4 Å². The van der Waals surface area contributed by atoms with Crippen LogP contribution in [0.25, 0.3) is 17.0 Å². The molecule has 0 radical (unpaired) electrons. The molecule has 34 heavy (non-hydrogen) atoms. The summed E-state index contributed by atoms with van der Waals surface area (Å²) in [6.45, 7) is 0.970. The van der Waals surface area contributed by atoms with Crippen LogP contribution in [-0.4, -0.2) is 61.6 Å². The van der Waals surface area contributed by atoms with Crippen molar-refractivity contribution < 1.29 is 14.6 Å². The van der Waals surface area contributed by atoms with E-state index in [0.29, 0.717) is 47.6 Å². The third-order valence-electron chi connectivity index (χ3n) is 5.79. The van der Waals surface area contributed by atoms with Crippen LogP contribution in [0.5, 0.6) is 5.75 Å². The summed E-state index contributed by atoms with van der Waals surface area (Å²) in [6, 6.07) is 11.2. The Bertz CT molecular complexity index is 1360. The third kappa shape index (κ3) is 4.40. The summed E-state index contributed by atoms with van der Waals surface area (Å²) in [6.07, 6.45) is 5.58. The molecular weight excluding hydrogens is 456 g/mol. The van der Waals surface area contributed by atoms with Crippen molar-refractivity contribution in [3.05, 3.63) is 65.6 Å². The zero-order valence-electron chi connectivity index (χ0n) is 18.5. The summed E-state index contributed by atoms with van der Waals surface area (Å²) in [5, 5.41) is 13.3. The van der Waals surface area contributed by atoms with Crippen molar-refractivity contribution in [3.8, 4) is 17.1 Å². The maximum Gasteiger partial charge on any atom is 0.227 e. The Kier molecular flexibility index (Phi) is 6.04. The number of amides is 1. The normalized spacial score (nSPS) is 15.6. The average Bonchev–Trinajstić information content (AvgIpc) is 3.47. The van der Waals surface area contributed by atoms with Crippen molar-refractivity contribution in [1.82, 2.24) is 24.3 Å². The lowest BCUT2D eigenvalue weighted by atomic mass is 10.1. The Labute approximate surface area is 201 Å². The molecule has 0 aliphatic carbocycles. The molecule has 1 aliphatic heterocycles. The first-order valence-corrected chi connectivity index (χ1v) is 11.2. The summed E-state index contributed by atoms with van der Waals surface area (Å²) in [7, 11) is 1.56. The molecule has 1 unspecified atom stereocenters. The first-order valence-electron chi connectivity index (χ1n) is 10.9. The fourth-order valence-corrected chi connectivity index (χ4v) is 4.23. The molecule has 174 valence electrons. The minimum Gasteiger partial charge on any atom is -0.495 e. The van der Waals surface area contributed by atoms with E-state index in [1.807, 2.05) is 47.0 Å². The van der Waals surface area contributed by atoms with E-state index in [0.717, 1.165) is 16.9 Å². The van der Waals surface area contributed by atoms with Crippen molar-refractivity contribution in [1.29, 1.82) is 0 Å². The molecule has 9 nitrogen and oxygen atoms in total. The second-order valence-corrected chi connectivity index (χ2v) is 8.49. The highest BCUT2D eigenvalue weighted by molar-refractivity contribution is 6.32. The lowest BCUT2D eigenvalue weighted by Gasteiger charge is -2.16. The maximum atomic E-state index is 12.5. The zero-order valence-corrected chi connectivity index (χ0v) is 19.2. The standard InChI is InChI=1S/C24H23ClN6O3/c1-34-20-10-15(11-22(33)30-9-7-16(32)14-30)5-6-18(20)28-24-27-12-17(25)23(29-24)19-13-26-21-4-2-3-8-31(19)21/h2-6,8,10,12-13,16,32H,7,9,11,14H2,1H3,(H,27,28,29). The number of benzene rings is 1. The van der Waals surface area contributed by atoms with Gasteiger partial charge in [0.15, 0.2) is 0 Å². The number of aliphatic hydroxyl groups is 1. The Morgan fingerprint density at radius 3 is 2.94 bits per heavy atom. The molecule has 3 aromatic heterocycles. The van der Waals surface area contributed by atoms with E-state index in [-0.39, 0.29) is 12.3 Å². The minimum absolute atomic E-state index is 0.0157. The average molecular weight is 479 g/mol. The van der Waals surface area contributed by atoms with Crippen LogP contribution >= 0.6 is 11.6 Å². The Balaban J connectivity index is 1.38. The molecule has 1 aliphatic rings. The van der Waals surface area contributed by atoms with Gasteiger partial charge in [0.2, 0.25) is 11.9 Å². The molecule has 1 atom stereocenters. The number of nitrogens with one attached hydrogen (secondary N) is 1. The quantitative estimate of drug-likeness (QED) is 0.438. The van der Waals surface area contributed by atoms with Gasteiger partial charge in [-0.1, -0.05) is 23.7 Å². The topological polar surface area (TPSA) is 105 Å². The summed E-state index contributed by atoms with van der Waals surface area (Å²) in [5.74, 6) is 0.887. The maximum absolute atomic E-state index is 12.5. The van der Waals surface area contributed by atoms with E-state index in [2.05, 4.69) is 20.3 Å². The van der Waals surface area contributed by atoms with Crippen LogP contribution in [-0.2, 0) is 11.2 Å². The van der Waals surface area contributed by atoms with E-state index < -0.39 is 6.10 Å². The number of pyridine rings is 1. The predicted octanol–water partition coefficient (Wildman–Crippen LogP) is 3.33. The zero-order chi connectivity index (χ0) is 23.7. The molecule has 1 aromatic carbocycles. The third-order valence-corrected chi connectivity index (χ3v) is 6.06. The van der Waals surface area contributed by atoms with Gasteiger partial charge < -0.3 is 20.1 Å². The molecular formula is C24H23ClN6O3. The highest BCUT2D eigenvalue weighted by Crippen LogP contribution is 2.31. The summed E-state index contributed by atoms with van der Waals surface area (Å²) in [5.41, 5.74) is 3.56. The molecule has 0 bridgehead atoms. The van der Waals surface area contributed by atoms with Crippen LogP contribution in [0.1, 0.15) is 12.0 Å². The van der Waals surface area contributed by atoms with Crippen molar-refractivity contribution >= 4 is 34.8 Å². The molecule has 4 heterocycles. The molecule has 10 heteroatoms. The predicted molar refractivity (Wildman–Crippen MR) is 128 cm³/mol. The number of carbonyl (C=O) groups is 1. The number of carbonyl (C=O) groups excluding carboxylic acids is 1. The van der Waals surface area contributed by atoms with E-state index in [1.165, 1.54) is 0 Å². The molecule has 1 amide bonds. The second kappa shape index (κ2) is 9.28. The number of rotatable bonds is 6. The van der Waals surface area contributed by atoms with Crippen LogP contribution < -0.4 is 10.1 Å². The Morgan fingerprint density at radius 2 is 2.15 bits per heavy atom. The van der Waals surface area contributed by atoms with E-state index in [1.54, 1.807) is 24.4 Å². The number of likely N-dealkylation sites (tertiary alicyclic amines) is 1. The molecule has 5 rings (SSSR count). The number of β-amino-alcohol motifs (C(OH)–C–C–N with tert-alkyl or cyclic N) is 1. The fraction of sp³-hybridized carbons (Fsp3) is 0.250. The summed E-state index contributed by atoms with van der Waals surface area (Å²) in [4.78, 5) is 27.5. The lowest BCUT2D eigenvalue weighted by molar-refractivity contribution is -0.129. The molecule has 0 spiro atoms. The van der Waals surface area contributed by atoms with Gasteiger partial charge in [-0.3, -0.25) is 9.20 Å². The molecule has 1 saturated heterocycles. The first-order chi connectivity index (χ1) is 16.5. The highest BCUT2D eigenvalue weighted by Gasteiger charge is 2.24. The van der Waals surface area contributed by atoms with Gasteiger partial charge in [-0.05, 0) is 36.2 Å². The molecule has 0 saturated carbocycles. The van der Waals surface area contributed by atoms with Crippen LogP contribution in [0.4, 0.5) is 11.6 Å². The van der Waals surface area contributed by atoms with Gasteiger partial charge in [-0.15, -0.1) is 0 Å². The number of anilines is 2. The number of methoxy groups -OCH3 is 1. The van der Waals surface area contributed by atoms with Crippen LogP contribution in [0.15, 0.2) is 55.0 Å². The first kappa shape index (κ1) is 22.1. The van der Waals surface area contributed by atoms with Gasteiger partial charge in [-0.2, -0.15) is 0 Å². The number of fused-ring (bicyclic) bond motifs is 1. The fourth-order valence-electron chi connectivity index (χ4n) is 4.04. The number of ether oxygens (including phenoxy) is 1. The molecule has 2 N–H and O–H groups in total. The Morgan fingerprint density at radius 1 is 1.26 bits per heavy atom. The lowest BCUT2D eigenvalue weighted by Crippen LogP contribution is -2.30. The van der Waals surface area contributed by atoms with Gasteiger partial charge >= 0.3 is 0 Å². The van der Waals surface area contributed by atoms with E-state index in [9.17, 15) is 9.90 Å². The number of imidazole rings is 1. The number of aliphatic hydroxyl groups excluding tert-OH is 1. The SMILES string of the molecule is COc1cc(CC(=O)N2CCC(O)C2)ccc1Nc1ncc(Cl)c(-c2cnc3ccccn23)n1. The largest absolute Gasteiger partial charge is 0.495 e. The van der Waals surface area contributed by atoms with Crippen LogP contribution in [0, 0.1) is 0 Å². The summed E-state index contributed by atoms with van der Waals surface area (Å²) >= 11 is 6.41. The minimum atomic E-state index is -0.435. The van der Waals surface area contributed by atoms with E-state index >= 15 is 0 Å². The van der Waals surface area contributed by atoms with Gasteiger partial charge in [-0.25, -0.2) is 15.0 Å². The van der Waals surface area contributed by atoms with Crippen molar-refractivity contribution in [3.63, 3.8) is 0 Å². The van der Waals surface area contributed by atoms with Gasteiger partial charge in [0.1, 0.15) is 17.1 Å². The molecule has 4 aromatic rings. The number of nitrogens with zero attached hydrogens (tertiary/aromatic N) is 5. The number of halogens is 1. The van der Waals surface area contributed by atoms with Gasteiger partial charge in [0.25, 0.3) is 0 Å². The van der Waals surface area contributed by atoms with Gasteiger partial charge in [0, 0.05) is 19.3 Å². The Hall–Kier alpha value is -3.69. The van der Waals surface area contributed by atoms with E-state index in [4.69, 9.17) is 16.3 Å². The van der Waals surface area contributed by atoms with Crippen molar-refractivity contribution in [2.24, 2.45) is 0 Å². The number of hydrogen-bond donors (Lipinski definition) is 2. The molecule has 1 fully saturated rings. The van der Waals surface area contributed by atoms with Crippen molar-refractivity contribution in [2.45, 2.75) is 18.9 Å². The van der Waals surface area contributed by atoms with Crippen molar-refractivity contribution in [2.75, 3.05) is 25.5 Å². The summed E-state index contributed by atoms with van der Waals surface area (Å²) < 4.78 is 7.45. The van der Waals surface area contributed by atoms with Crippen LogP contribution in [0.3, 0.4) is 0 Å². The monoisotopic (exact) mass is 478 g/mol. The number of aromatic nitrogens is 4. The smallest absolute Gasteiger partial charge is 0.227 e. The number of hydrogen-bond acceptors (Lipinski definition) is 7.